The molecule has 2 saturated heterocycles. The van der Waals surface area contributed by atoms with Crippen LogP contribution in [-0.4, -0.2) is 72.4 Å². The first-order chi connectivity index (χ1) is 10.9. The van der Waals surface area contributed by atoms with Gasteiger partial charge in [0, 0.05) is 45.1 Å². The third-order valence-corrected chi connectivity index (χ3v) is 5.88. The first-order valence-electron chi connectivity index (χ1n) is 7.90. The Kier molecular flexibility index (Phi) is 4.58. The van der Waals surface area contributed by atoms with E-state index in [1.54, 1.807) is 11.1 Å². The quantitative estimate of drug-likeness (QED) is 0.843. The summed E-state index contributed by atoms with van der Waals surface area (Å²) >= 11 is 0. The zero-order chi connectivity index (χ0) is 16.4. The molecule has 2 fully saturated rings. The van der Waals surface area contributed by atoms with Crippen LogP contribution < -0.4 is 5.32 Å². The minimum atomic E-state index is -3.12. The number of aromatic nitrogens is 2. The first kappa shape index (κ1) is 16.3. The normalized spacial score (nSPS) is 25.9. The summed E-state index contributed by atoms with van der Waals surface area (Å²) in [5, 5.41) is 7.17. The molecule has 2 aliphatic rings. The number of amides is 2. The van der Waals surface area contributed by atoms with E-state index in [1.165, 1.54) is 10.6 Å². The summed E-state index contributed by atoms with van der Waals surface area (Å²) in [6.07, 6.45) is 6.60. The fourth-order valence-electron chi connectivity index (χ4n) is 3.25. The second kappa shape index (κ2) is 6.48. The highest BCUT2D eigenvalue weighted by Crippen LogP contribution is 2.21. The highest BCUT2D eigenvalue weighted by molar-refractivity contribution is 7.88. The molecule has 3 heterocycles. The van der Waals surface area contributed by atoms with Gasteiger partial charge in [-0.05, 0) is 24.8 Å². The van der Waals surface area contributed by atoms with Crippen LogP contribution >= 0.6 is 0 Å². The van der Waals surface area contributed by atoms with E-state index in [9.17, 15) is 13.2 Å². The summed E-state index contributed by atoms with van der Waals surface area (Å²) in [5.74, 6) is 0.193. The summed E-state index contributed by atoms with van der Waals surface area (Å²) in [4.78, 5) is 14.1. The largest absolute Gasteiger partial charge is 0.338 e. The highest BCUT2D eigenvalue weighted by atomic mass is 32.2. The molecule has 0 radical (unpaired) electrons. The Labute approximate surface area is 136 Å². The van der Waals surface area contributed by atoms with Crippen molar-refractivity contribution >= 4 is 16.1 Å². The maximum Gasteiger partial charge on any atom is 0.317 e. The number of carbonyl (C=O) groups excluding carboxylic acids is 1. The fourth-order valence-corrected chi connectivity index (χ4v) is 4.17. The van der Waals surface area contributed by atoms with Crippen molar-refractivity contribution in [1.82, 2.24) is 24.3 Å². The molecule has 2 amide bonds. The van der Waals surface area contributed by atoms with Crippen molar-refractivity contribution in [2.45, 2.75) is 18.9 Å². The summed E-state index contributed by atoms with van der Waals surface area (Å²) in [7, 11) is -3.12. The number of carbonyl (C=O) groups is 1. The lowest BCUT2D eigenvalue weighted by atomic mass is 10.1. The van der Waals surface area contributed by atoms with Crippen LogP contribution in [0.15, 0.2) is 18.5 Å². The number of hydrogen-bond acceptors (Lipinski definition) is 4. The Morgan fingerprint density at radius 1 is 1.30 bits per heavy atom. The summed E-state index contributed by atoms with van der Waals surface area (Å²) in [6.45, 7) is 2.94. The van der Waals surface area contributed by atoms with Gasteiger partial charge in [-0.2, -0.15) is 5.10 Å². The van der Waals surface area contributed by atoms with E-state index in [1.807, 2.05) is 16.9 Å². The smallest absolute Gasteiger partial charge is 0.317 e. The van der Waals surface area contributed by atoms with Crippen molar-refractivity contribution in [2.24, 2.45) is 5.92 Å². The highest BCUT2D eigenvalue weighted by Gasteiger charge is 2.31. The monoisotopic (exact) mass is 341 g/mol. The Balaban J connectivity index is 1.44. The van der Waals surface area contributed by atoms with Crippen LogP contribution in [0, 0.1) is 5.92 Å². The fraction of sp³-hybridized carbons (Fsp3) is 0.714. The second-order valence-electron chi connectivity index (χ2n) is 6.34. The van der Waals surface area contributed by atoms with Gasteiger partial charge in [0.15, 0.2) is 0 Å². The van der Waals surface area contributed by atoms with Gasteiger partial charge in [-0.25, -0.2) is 17.5 Å². The van der Waals surface area contributed by atoms with Crippen LogP contribution in [0.3, 0.4) is 0 Å². The Morgan fingerprint density at radius 3 is 2.78 bits per heavy atom. The minimum absolute atomic E-state index is 0.0718. The maximum absolute atomic E-state index is 12.2. The van der Waals surface area contributed by atoms with Gasteiger partial charge in [-0.1, -0.05) is 0 Å². The Hall–Kier alpha value is -1.61. The van der Waals surface area contributed by atoms with E-state index >= 15 is 0 Å². The molecule has 0 aliphatic carbocycles. The van der Waals surface area contributed by atoms with Gasteiger partial charge in [-0.3, -0.25) is 4.68 Å². The van der Waals surface area contributed by atoms with E-state index in [0.717, 1.165) is 19.4 Å². The predicted molar refractivity (Wildman–Crippen MR) is 85.4 cm³/mol. The minimum Gasteiger partial charge on any atom is -0.338 e. The SMILES string of the molecule is CS(=O)(=O)N1CCC(CNC(=O)N2CCC(n3cccn3)C2)C1. The van der Waals surface area contributed by atoms with Gasteiger partial charge < -0.3 is 10.2 Å². The van der Waals surface area contributed by atoms with Crippen molar-refractivity contribution in [3.05, 3.63) is 18.5 Å². The molecule has 2 aliphatic heterocycles. The van der Waals surface area contributed by atoms with Crippen LogP contribution in [0.2, 0.25) is 0 Å². The number of nitrogens with zero attached hydrogens (tertiary/aromatic N) is 4. The third kappa shape index (κ3) is 3.84. The molecule has 8 nitrogen and oxygen atoms in total. The standard InChI is InChI=1S/C14H23N5O3S/c1-23(21,22)18-8-3-12(10-18)9-15-14(20)17-7-4-13(11-17)19-6-2-5-16-19/h2,5-6,12-13H,3-4,7-11H2,1H3,(H,15,20). The average molecular weight is 341 g/mol. The van der Waals surface area contributed by atoms with Gasteiger partial charge in [0.1, 0.15) is 0 Å². The molecule has 23 heavy (non-hydrogen) atoms. The van der Waals surface area contributed by atoms with Crippen LogP contribution in [0.5, 0.6) is 0 Å². The van der Waals surface area contributed by atoms with Gasteiger partial charge in [0.2, 0.25) is 10.0 Å². The van der Waals surface area contributed by atoms with E-state index in [-0.39, 0.29) is 18.0 Å². The van der Waals surface area contributed by atoms with Gasteiger partial charge in [0.25, 0.3) is 0 Å². The number of sulfonamides is 1. The summed E-state index contributed by atoms with van der Waals surface area (Å²) in [5.41, 5.74) is 0. The van der Waals surface area contributed by atoms with Crippen molar-refractivity contribution in [1.29, 1.82) is 0 Å². The lowest BCUT2D eigenvalue weighted by Crippen LogP contribution is -2.41. The van der Waals surface area contributed by atoms with Gasteiger partial charge in [-0.15, -0.1) is 0 Å². The second-order valence-corrected chi connectivity index (χ2v) is 8.32. The predicted octanol–water partition coefficient (Wildman–Crippen LogP) is 0.121. The molecule has 0 saturated carbocycles. The molecule has 3 rings (SSSR count). The van der Waals surface area contributed by atoms with Crippen molar-refractivity contribution in [2.75, 3.05) is 39.0 Å². The van der Waals surface area contributed by atoms with Crippen LogP contribution in [0.25, 0.3) is 0 Å². The van der Waals surface area contributed by atoms with E-state index in [0.29, 0.717) is 26.2 Å². The molecule has 128 valence electrons. The van der Waals surface area contributed by atoms with Crippen molar-refractivity contribution < 1.29 is 13.2 Å². The molecule has 1 N–H and O–H groups in total. The lowest BCUT2D eigenvalue weighted by molar-refractivity contribution is 0.205. The zero-order valence-electron chi connectivity index (χ0n) is 13.3. The number of urea groups is 1. The molecule has 1 aromatic rings. The van der Waals surface area contributed by atoms with E-state index in [2.05, 4.69) is 10.4 Å². The molecule has 2 unspecified atom stereocenters. The average Bonchev–Trinajstić information content (AvgIpc) is 3.22. The third-order valence-electron chi connectivity index (χ3n) is 4.61. The lowest BCUT2D eigenvalue weighted by Gasteiger charge is -2.19. The molecule has 9 heteroatoms. The maximum atomic E-state index is 12.2. The van der Waals surface area contributed by atoms with Crippen molar-refractivity contribution in [3.63, 3.8) is 0 Å². The number of hydrogen-bond donors (Lipinski definition) is 1. The van der Waals surface area contributed by atoms with E-state index < -0.39 is 10.0 Å². The summed E-state index contributed by atoms with van der Waals surface area (Å²) < 4.78 is 26.4. The topological polar surface area (TPSA) is 87.5 Å². The zero-order valence-corrected chi connectivity index (χ0v) is 14.1. The number of nitrogens with one attached hydrogen (secondary N) is 1. The van der Waals surface area contributed by atoms with Crippen LogP contribution in [0.4, 0.5) is 4.79 Å². The molecule has 2 atom stereocenters. The van der Waals surface area contributed by atoms with Gasteiger partial charge in [0.05, 0.1) is 12.3 Å². The van der Waals surface area contributed by atoms with Gasteiger partial charge >= 0.3 is 6.03 Å². The first-order valence-corrected chi connectivity index (χ1v) is 9.75. The molecule has 0 bridgehead atoms. The van der Waals surface area contributed by atoms with E-state index in [4.69, 9.17) is 0 Å². The molecule has 0 aromatic carbocycles. The summed E-state index contributed by atoms with van der Waals surface area (Å²) in [6, 6.07) is 2.05. The molecular weight excluding hydrogens is 318 g/mol. The molecule has 0 spiro atoms. The van der Waals surface area contributed by atoms with Crippen molar-refractivity contribution in [3.8, 4) is 0 Å². The molecular formula is C14H23N5O3S. The van der Waals surface area contributed by atoms with Crippen LogP contribution in [-0.2, 0) is 10.0 Å². The number of rotatable bonds is 4. The van der Waals surface area contributed by atoms with Crippen LogP contribution in [0.1, 0.15) is 18.9 Å². The Bertz CT molecular complexity index is 645. The Morgan fingerprint density at radius 2 is 2.13 bits per heavy atom. The number of likely N-dealkylation sites (tertiary alicyclic amines) is 1. The molecule has 1 aromatic heterocycles.